The lowest BCUT2D eigenvalue weighted by atomic mass is 10.1. The van der Waals surface area contributed by atoms with Gasteiger partial charge in [-0.2, -0.15) is 0 Å². The molecule has 6 heteroatoms. The second-order valence-electron chi connectivity index (χ2n) is 3.71. The molecule has 15 heavy (non-hydrogen) atoms. The zero-order valence-electron chi connectivity index (χ0n) is 8.82. The first kappa shape index (κ1) is 13.2. The fraction of sp³-hybridized carbons (Fsp3) is 0.556. The molecule has 0 bridgehead atoms. The van der Waals surface area contributed by atoms with Crippen LogP contribution in [-0.2, 0) is 10.0 Å². The molecule has 0 fully saturated rings. The predicted molar refractivity (Wildman–Crippen MR) is 66.6 cm³/mol. The largest absolute Gasteiger partial charge is 0.250 e. The van der Waals surface area contributed by atoms with Gasteiger partial charge in [-0.1, -0.05) is 13.8 Å². The average Bonchev–Trinajstić information content (AvgIpc) is 2.51. The van der Waals surface area contributed by atoms with Gasteiger partial charge in [0, 0.05) is 6.04 Å². The summed E-state index contributed by atoms with van der Waals surface area (Å²) < 4.78 is 27.5. The predicted octanol–water partition coefficient (Wildman–Crippen LogP) is 2.83. The van der Waals surface area contributed by atoms with Crippen molar-refractivity contribution in [2.45, 2.75) is 31.0 Å². The van der Waals surface area contributed by atoms with Crippen LogP contribution < -0.4 is 4.72 Å². The Balaban J connectivity index is 2.85. The molecule has 1 aromatic rings. The molecule has 0 aromatic carbocycles. The minimum atomic E-state index is -3.35. The van der Waals surface area contributed by atoms with E-state index in [2.05, 4.69) is 20.7 Å². The summed E-state index contributed by atoms with van der Waals surface area (Å²) in [5.41, 5.74) is 0. The summed E-state index contributed by atoms with van der Waals surface area (Å²) in [5.74, 6) is 0.281. The number of nitrogens with one attached hydrogen (secondary N) is 1. The maximum Gasteiger partial charge on any atom is 0.250 e. The first-order valence-electron chi connectivity index (χ1n) is 4.60. The quantitative estimate of drug-likeness (QED) is 0.929. The number of halogens is 1. The van der Waals surface area contributed by atoms with Crippen molar-refractivity contribution in [2.24, 2.45) is 5.92 Å². The first-order chi connectivity index (χ1) is 6.83. The zero-order valence-corrected chi connectivity index (χ0v) is 12.0. The van der Waals surface area contributed by atoms with Crippen molar-refractivity contribution >= 4 is 37.3 Å². The zero-order chi connectivity index (χ0) is 11.6. The second kappa shape index (κ2) is 4.95. The van der Waals surface area contributed by atoms with E-state index in [-0.39, 0.29) is 12.0 Å². The fourth-order valence-corrected chi connectivity index (χ4v) is 4.30. The third-order valence-electron chi connectivity index (χ3n) is 2.15. The normalized spacial score (nSPS) is 14.5. The summed E-state index contributed by atoms with van der Waals surface area (Å²) in [7, 11) is -3.35. The van der Waals surface area contributed by atoms with Crippen LogP contribution in [0.4, 0.5) is 0 Å². The summed E-state index contributed by atoms with van der Waals surface area (Å²) in [6.07, 6.45) is 0. The van der Waals surface area contributed by atoms with Crippen LogP contribution in [0.5, 0.6) is 0 Å². The van der Waals surface area contributed by atoms with Crippen molar-refractivity contribution in [3.63, 3.8) is 0 Å². The van der Waals surface area contributed by atoms with Crippen LogP contribution in [0, 0.1) is 5.92 Å². The van der Waals surface area contributed by atoms with Gasteiger partial charge in [0.05, 0.1) is 3.79 Å². The lowest BCUT2D eigenvalue weighted by molar-refractivity contribution is 0.477. The van der Waals surface area contributed by atoms with Gasteiger partial charge in [-0.25, -0.2) is 13.1 Å². The second-order valence-corrected chi connectivity index (χ2v) is 8.12. The molecule has 0 saturated carbocycles. The summed E-state index contributed by atoms with van der Waals surface area (Å²) in [6, 6.07) is 3.28. The first-order valence-corrected chi connectivity index (χ1v) is 7.70. The molecule has 0 radical (unpaired) electrons. The molecular weight excluding hydrogens is 298 g/mol. The molecule has 1 atom stereocenters. The molecule has 1 unspecified atom stereocenters. The van der Waals surface area contributed by atoms with Crippen molar-refractivity contribution < 1.29 is 8.42 Å². The molecule has 3 nitrogen and oxygen atoms in total. The van der Waals surface area contributed by atoms with Crippen LogP contribution in [0.15, 0.2) is 20.1 Å². The summed E-state index contributed by atoms with van der Waals surface area (Å²) in [6.45, 7) is 5.83. The van der Waals surface area contributed by atoms with Gasteiger partial charge in [0.1, 0.15) is 4.21 Å². The third kappa shape index (κ3) is 3.55. The Morgan fingerprint density at radius 2 is 1.93 bits per heavy atom. The van der Waals surface area contributed by atoms with Crippen LogP contribution in [0.3, 0.4) is 0 Å². The highest BCUT2D eigenvalue weighted by atomic mass is 79.9. The monoisotopic (exact) mass is 311 g/mol. The minimum absolute atomic E-state index is 0.0594. The van der Waals surface area contributed by atoms with E-state index in [1.54, 1.807) is 12.1 Å². The van der Waals surface area contributed by atoms with Gasteiger partial charge in [0.2, 0.25) is 10.0 Å². The van der Waals surface area contributed by atoms with Crippen LogP contribution in [0.1, 0.15) is 20.8 Å². The highest BCUT2D eigenvalue weighted by Crippen LogP contribution is 2.26. The van der Waals surface area contributed by atoms with Crippen molar-refractivity contribution in [3.8, 4) is 0 Å². The lowest BCUT2D eigenvalue weighted by Gasteiger charge is -2.16. The van der Waals surface area contributed by atoms with Gasteiger partial charge >= 0.3 is 0 Å². The van der Waals surface area contributed by atoms with Gasteiger partial charge in [0.25, 0.3) is 0 Å². The number of hydrogen-bond acceptors (Lipinski definition) is 3. The number of thiophene rings is 1. The van der Waals surface area contributed by atoms with Crippen molar-refractivity contribution in [2.75, 3.05) is 0 Å². The maximum atomic E-state index is 11.8. The van der Waals surface area contributed by atoms with Gasteiger partial charge in [0.15, 0.2) is 0 Å². The Labute approximate surface area is 103 Å². The highest BCUT2D eigenvalue weighted by Gasteiger charge is 2.20. The molecule has 0 saturated heterocycles. The molecule has 0 aliphatic heterocycles. The average molecular weight is 312 g/mol. The molecule has 0 amide bonds. The fourth-order valence-electron chi connectivity index (χ4n) is 0.881. The molecule has 0 aliphatic carbocycles. The van der Waals surface area contributed by atoms with Gasteiger partial charge < -0.3 is 0 Å². The van der Waals surface area contributed by atoms with E-state index in [4.69, 9.17) is 0 Å². The summed E-state index contributed by atoms with van der Waals surface area (Å²) >= 11 is 4.46. The third-order valence-corrected chi connectivity index (χ3v) is 5.83. The summed E-state index contributed by atoms with van der Waals surface area (Å²) in [5, 5.41) is 0. The summed E-state index contributed by atoms with van der Waals surface area (Å²) in [4.78, 5) is 0. The standard InChI is InChI=1S/C9H14BrNO2S2/c1-6(2)7(3)11-15(12,13)9-5-4-8(10)14-9/h4-7,11H,1-3H3. The van der Waals surface area contributed by atoms with Gasteiger partial charge in [-0.15, -0.1) is 11.3 Å². The topological polar surface area (TPSA) is 46.2 Å². The van der Waals surface area contributed by atoms with E-state index in [1.807, 2.05) is 20.8 Å². The Morgan fingerprint density at radius 1 is 1.33 bits per heavy atom. The number of hydrogen-bond donors (Lipinski definition) is 1. The van der Waals surface area contributed by atoms with E-state index in [0.717, 1.165) is 3.79 Å². The highest BCUT2D eigenvalue weighted by molar-refractivity contribution is 9.11. The van der Waals surface area contributed by atoms with E-state index in [9.17, 15) is 8.42 Å². The lowest BCUT2D eigenvalue weighted by Crippen LogP contribution is -2.35. The van der Waals surface area contributed by atoms with Gasteiger partial charge in [-0.05, 0) is 40.9 Å². The van der Waals surface area contributed by atoms with Gasteiger partial charge in [-0.3, -0.25) is 0 Å². The smallest absolute Gasteiger partial charge is 0.207 e. The minimum Gasteiger partial charge on any atom is -0.207 e. The number of rotatable bonds is 4. The van der Waals surface area contributed by atoms with Crippen LogP contribution in [-0.4, -0.2) is 14.5 Å². The molecule has 86 valence electrons. The molecule has 1 rings (SSSR count). The molecule has 0 spiro atoms. The van der Waals surface area contributed by atoms with Crippen LogP contribution in [0.25, 0.3) is 0 Å². The van der Waals surface area contributed by atoms with Crippen molar-refractivity contribution in [3.05, 3.63) is 15.9 Å². The molecule has 1 N–H and O–H groups in total. The Kier molecular flexibility index (Phi) is 4.34. The maximum absolute atomic E-state index is 11.8. The van der Waals surface area contributed by atoms with E-state index >= 15 is 0 Å². The van der Waals surface area contributed by atoms with E-state index in [1.165, 1.54) is 11.3 Å². The van der Waals surface area contributed by atoms with Crippen molar-refractivity contribution in [1.82, 2.24) is 4.72 Å². The molecule has 1 aromatic heterocycles. The van der Waals surface area contributed by atoms with Crippen molar-refractivity contribution in [1.29, 1.82) is 0 Å². The Bertz CT molecular complexity index is 425. The Hall–Kier alpha value is 0.0900. The SMILES string of the molecule is CC(C)C(C)NS(=O)(=O)c1ccc(Br)s1. The van der Waals surface area contributed by atoms with Crippen LogP contribution in [0.2, 0.25) is 0 Å². The Morgan fingerprint density at radius 3 is 2.33 bits per heavy atom. The number of sulfonamides is 1. The molecule has 0 aliphatic rings. The van der Waals surface area contributed by atoms with E-state index in [0.29, 0.717) is 4.21 Å². The van der Waals surface area contributed by atoms with E-state index < -0.39 is 10.0 Å². The van der Waals surface area contributed by atoms with Crippen LogP contribution >= 0.6 is 27.3 Å². The molecule has 1 heterocycles. The molecular formula is C9H14BrNO2S2.